The number of carbonyl (C=O) groups excluding carboxylic acids is 1. The van der Waals surface area contributed by atoms with Gasteiger partial charge in [0.05, 0.1) is 39.9 Å². The number of carbonyl (C=O) groups is 1. The van der Waals surface area contributed by atoms with Gasteiger partial charge >= 0.3 is 7.82 Å². The molecule has 0 aromatic rings. The van der Waals surface area contributed by atoms with Gasteiger partial charge in [-0.15, -0.1) is 0 Å². The number of unbranched alkanes of at least 4 members (excludes halogenated alkanes) is 16. The minimum atomic E-state index is -4.30. The summed E-state index contributed by atoms with van der Waals surface area (Å²) in [5, 5.41) is 13.8. The fourth-order valence-electron chi connectivity index (χ4n) is 5.13. The zero-order valence-electron chi connectivity index (χ0n) is 30.6. The van der Waals surface area contributed by atoms with Crippen molar-refractivity contribution in [2.75, 3.05) is 40.9 Å². The lowest BCUT2D eigenvalue weighted by molar-refractivity contribution is -0.870. The number of aliphatic hydroxyl groups excluding tert-OH is 1. The Balaban J connectivity index is 4.47. The largest absolute Gasteiger partial charge is 0.472 e. The maximum absolute atomic E-state index is 12.8. The molecule has 0 aliphatic carbocycles. The first-order valence-corrected chi connectivity index (χ1v) is 20.2. The number of hydrogen-bond donors (Lipinski definition) is 3. The predicted octanol–water partition coefficient (Wildman–Crippen LogP) is 9.41. The fraction of sp³-hybridized carbons (Fsp3) is 0.865. The van der Waals surface area contributed by atoms with Crippen molar-refractivity contribution in [3.05, 3.63) is 24.3 Å². The van der Waals surface area contributed by atoms with Crippen LogP contribution in [0.1, 0.15) is 155 Å². The molecule has 0 aliphatic rings. The highest BCUT2D eigenvalue weighted by atomic mass is 31.2. The number of phosphoric acid groups is 1. The lowest BCUT2D eigenvalue weighted by Gasteiger charge is -2.26. The molecule has 0 radical (unpaired) electrons. The summed E-state index contributed by atoms with van der Waals surface area (Å²) in [6.45, 7) is 4.80. The molecule has 0 bridgehead atoms. The van der Waals surface area contributed by atoms with Crippen molar-refractivity contribution < 1.29 is 32.9 Å². The van der Waals surface area contributed by atoms with Gasteiger partial charge in [0, 0.05) is 6.42 Å². The summed E-state index contributed by atoms with van der Waals surface area (Å²) in [6, 6.07) is -0.762. The molecule has 8 nitrogen and oxygen atoms in total. The second kappa shape index (κ2) is 30.1. The fourth-order valence-corrected chi connectivity index (χ4v) is 5.87. The van der Waals surface area contributed by atoms with Crippen molar-refractivity contribution in [1.82, 2.24) is 5.32 Å². The summed E-state index contributed by atoms with van der Waals surface area (Å²) in [5.74, 6) is -0.163. The molecule has 0 heterocycles. The van der Waals surface area contributed by atoms with Crippen molar-refractivity contribution in [3.8, 4) is 0 Å². The van der Waals surface area contributed by atoms with Crippen molar-refractivity contribution in [2.45, 2.75) is 167 Å². The number of likely N-dealkylation sites (N-methyl/N-ethyl adjacent to an activating group) is 1. The highest BCUT2D eigenvalue weighted by Crippen LogP contribution is 2.43. The van der Waals surface area contributed by atoms with Crippen molar-refractivity contribution in [1.29, 1.82) is 0 Å². The summed E-state index contributed by atoms with van der Waals surface area (Å²) in [6.07, 6.45) is 32.0. The van der Waals surface area contributed by atoms with Crippen molar-refractivity contribution >= 4 is 13.7 Å². The molecule has 0 fully saturated rings. The summed E-state index contributed by atoms with van der Waals surface area (Å²) in [4.78, 5) is 22.9. The number of phosphoric ester groups is 1. The number of rotatable bonds is 33. The molecule has 3 N–H and O–H groups in total. The third-order valence-corrected chi connectivity index (χ3v) is 9.19. The Morgan fingerprint density at radius 1 is 0.739 bits per heavy atom. The van der Waals surface area contributed by atoms with Crippen LogP contribution in [0.5, 0.6) is 0 Å². The zero-order chi connectivity index (χ0) is 34.4. The first kappa shape index (κ1) is 45.0. The van der Waals surface area contributed by atoms with Crippen LogP contribution in [0.3, 0.4) is 0 Å². The minimum absolute atomic E-state index is 0.0716. The smallest absolute Gasteiger partial charge is 0.391 e. The molecule has 0 spiro atoms. The van der Waals surface area contributed by atoms with E-state index in [1.165, 1.54) is 64.2 Å². The van der Waals surface area contributed by atoms with Gasteiger partial charge in [-0.2, -0.15) is 0 Å². The SMILES string of the molecule is CCCCC/C=C/C/C=C/CCCCCCCC(=O)N[C@@H](COP(=O)(O)OCC[N+](C)(C)C)[C@H](O)CCCCCCCCCCC. The van der Waals surface area contributed by atoms with Crippen LogP contribution in [-0.2, 0) is 18.4 Å². The summed E-state index contributed by atoms with van der Waals surface area (Å²) >= 11 is 0. The van der Waals surface area contributed by atoms with E-state index in [1.807, 2.05) is 21.1 Å². The molecule has 0 rings (SSSR count). The number of allylic oxidation sites excluding steroid dienone is 4. The molecule has 0 saturated carbocycles. The molecule has 0 saturated heterocycles. The number of amides is 1. The van der Waals surface area contributed by atoms with Gasteiger partial charge in [0.1, 0.15) is 13.2 Å². The van der Waals surface area contributed by atoms with E-state index in [0.717, 1.165) is 64.2 Å². The Hall–Kier alpha value is -1.02. The number of quaternary nitrogens is 1. The van der Waals surface area contributed by atoms with Gasteiger partial charge in [0.2, 0.25) is 5.91 Å². The van der Waals surface area contributed by atoms with E-state index < -0.39 is 20.0 Å². The predicted molar refractivity (Wildman–Crippen MR) is 194 cm³/mol. The molecule has 1 unspecified atom stereocenters. The number of aliphatic hydroxyl groups is 1. The van der Waals surface area contributed by atoms with Crippen LogP contribution in [0.15, 0.2) is 24.3 Å². The van der Waals surface area contributed by atoms with Crippen LogP contribution in [0.2, 0.25) is 0 Å². The number of nitrogens with one attached hydrogen (secondary N) is 1. The van der Waals surface area contributed by atoms with Crippen LogP contribution in [0.4, 0.5) is 0 Å². The molecule has 9 heteroatoms. The van der Waals surface area contributed by atoms with Crippen LogP contribution in [0, 0.1) is 0 Å². The first-order valence-electron chi connectivity index (χ1n) is 18.7. The average molecular weight is 674 g/mol. The van der Waals surface area contributed by atoms with Crippen LogP contribution in [-0.4, -0.2) is 73.4 Å². The van der Waals surface area contributed by atoms with Crippen molar-refractivity contribution in [3.63, 3.8) is 0 Å². The molecular weight excluding hydrogens is 599 g/mol. The lowest BCUT2D eigenvalue weighted by Crippen LogP contribution is -2.46. The normalized spacial score (nSPS) is 15.0. The molecule has 3 atom stereocenters. The highest BCUT2D eigenvalue weighted by molar-refractivity contribution is 7.47. The standard InChI is InChI=1S/C37H73N2O6P/c1-6-8-10-12-14-16-17-18-19-20-21-23-25-27-29-31-37(41)38-35(34-45-46(42,43)44-33-32-39(3,4)5)36(40)30-28-26-24-22-15-13-11-9-7-2/h14,16,18-19,35-36,40H,6-13,15,17,20-34H2,1-5H3,(H-,38,41,42,43)/p+1/b16-14+,19-18+/t35-,36+/m0/s1. The Morgan fingerprint density at radius 3 is 1.83 bits per heavy atom. The zero-order valence-corrected chi connectivity index (χ0v) is 31.5. The third-order valence-electron chi connectivity index (χ3n) is 8.20. The average Bonchev–Trinajstić information content (AvgIpc) is 2.99. The molecule has 0 aromatic carbocycles. The highest BCUT2D eigenvalue weighted by Gasteiger charge is 2.28. The number of nitrogens with zero attached hydrogens (tertiary/aromatic N) is 1. The Bertz CT molecular complexity index is 814. The monoisotopic (exact) mass is 674 g/mol. The van der Waals surface area contributed by atoms with Crippen molar-refractivity contribution in [2.24, 2.45) is 0 Å². The van der Waals surface area contributed by atoms with Gasteiger partial charge in [-0.25, -0.2) is 4.57 Å². The molecule has 1 amide bonds. The summed E-state index contributed by atoms with van der Waals surface area (Å²) in [7, 11) is 1.60. The number of hydrogen-bond acceptors (Lipinski definition) is 5. The molecular formula is C37H74N2O6P+. The summed E-state index contributed by atoms with van der Waals surface area (Å²) in [5.41, 5.74) is 0. The van der Waals surface area contributed by atoms with E-state index in [9.17, 15) is 19.4 Å². The van der Waals surface area contributed by atoms with Gasteiger partial charge in [0.15, 0.2) is 0 Å². The quantitative estimate of drug-likeness (QED) is 0.0278. The van der Waals surface area contributed by atoms with Gasteiger partial charge < -0.3 is 19.8 Å². The topological polar surface area (TPSA) is 105 Å². The van der Waals surface area contributed by atoms with Crippen LogP contribution < -0.4 is 5.32 Å². The Kier molecular flexibility index (Phi) is 29.4. The second-order valence-corrected chi connectivity index (χ2v) is 15.4. The van der Waals surface area contributed by atoms with E-state index in [2.05, 4.69) is 43.5 Å². The second-order valence-electron chi connectivity index (χ2n) is 14.0. The van der Waals surface area contributed by atoms with E-state index in [4.69, 9.17) is 9.05 Å². The van der Waals surface area contributed by atoms with Crippen LogP contribution in [0.25, 0.3) is 0 Å². The van der Waals surface area contributed by atoms with E-state index in [-0.39, 0.29) is 19.1 Å². The van der Waals surface area contributed by atoms with Gasteiger partial charge in [-0.3, -0.25) is 13.8 Å². The van der Waals surface area contributed by atoms with E-state index in [0.29, 0.717) is 23.9 Å². The van der Waals surface area contributed by atoms with Gasteiger partial charge in [0.25, 0.3) is 0 Å². The Labute approximate surface area is 284 Å². The van der Waals surface area contributed by atoms with E-state index >= 15 is 0 Å². The van der Waals surface area contributed by atoms with Gasteiger partial charge in [-0.1, -0.05) is 128 Å². The first-order chi connectivity index (χ1) is 22.0. The van der Waals surface area contributed by atoms with E-state index in [1.54, 1.807) is 0 Å². The molecule has 46 heavy (non-hydrogen) atoms. The molecule has 0 aliphatic heterocycles. The molecule has 272 valence electrons. The third kappa shape index (κ3) is 31.6. The maximum atomic E-state index is 12.8. The Morgan fingerprint density at radius 2 is 1.24 bits per heavy atom. The minimum Gasteiger partial charge on any atom is -0.391 e. The van der Waals surface area contributed by atoms with Gasteiger partial charge in [-0.05, 0) is 44.9 Å². The lowest BCUT2D eigenvalue weighted by atomic mass is 10.0. The van der Waals surface area contributed by atoms with Crippen LogP contribution >= 0.6 is 7.82 Å². The molecule has 0 aromatic heterocycles. The maximum Gasteiger partial charge on any atom is 0.472 e. The summed E-state index contributed by atoms with van der Waals surface area (Å²) < 4.78 is 23.4.